The Balaban J connectivity index is 3.24. The molecule has 1 aromatic rings. The molecule has 0 spiro atoms. The average Bonchev–Trinajstić information content (AvgIpc) is 2.34. The van der Waals surface area contributed by atoms with Crippen LogP contribution in [0, 0.1) is 0 Å². The lowest BCUT2D eigenvalue weighted by atomic mass is 10.0. The minimum atomic E-state index is -1.04. The Bertz CT molecular complexity index is 494. The van der Waals surface area contributed by atoms with Crippen LogP contribution in [0.15, 0.2) is 24.3 Å². The van der Waals surface area contributed by atoms with Gasteiger partial charge in [0.1, 0.15) is 11.5 Å². The zero-order valence-corrected chi connectivity index (χ0v) is 11.6. The number of ketones is 1. The molecule has 0 radical (unpaired) electrons. The Kier molecular flexibility index (Phi) is 5.09. The molecule has 0 fully saturated rings. The summed E-state index contributed by atoms with van der Waals surface area (Å²) >= 11 is 3.28. The van der Waals surface area contributed by atoms with Crippen LogP contribution in [0.1, 0.15) is 22.9 Å². The quantitative estimate of drug-likeness (QED) is 0.670. The summed E-state index contributed by atoms with van der Waals surface area (Å²) in [5.74, 6) is -0.491. The lowest BCUT2D eigenvalue weighted by molar-refractivity contribution is -0.131. The van der Waals surface area contributed by atoms with Gasteiger partial charge in [0.15, 0.2) is 0 Å². The van der Waals surface area contributed by atoms with Crippen LogP contribution >= 0.6 is 15.9 Å². The highest BCUT2D eigenvalue weighted by Gasteiger charge is 2.16. The van der Waals surface area contributed by atoms with Crippen molar-refractivity contribution in [1.82, 2.24) is 0 Å². The van der Waals surface area contributed by atoms with E-state index in [4.69, 9.17) is 9.84 Å². The van der Waals surface area contributed by atoms with Crippen LogP contribution < -0.4 is 4.74 Å². The maximum Gasteiger partial charge on any atom is 0.328 e. The number of carbonyl (C=O) groups excluding carboxylic acids is 1. The van der Waals surface area contributed by atoms with Crippen LogP contribution in [0.4, 0.5) is 0 Å². The molecule has 96 valence electrons. The molecule has 0 aliphatic rings. The maximum atomic E-state index is 11.4. The second-order valence-corrected chi connectivity index (χ2v) is 4.56. The standard InChI is InChI=1S/C13H13BrO4/c1-8(15)13(14)11-5-4-10(18-2)7-9(11)3-6-12(16)17/h3-7,13H,1-2H3,(H,16,17). The molecule has 1 rings (SSSR count). The zero-order chi connectivity index (χ0) is 13.7. The highest BCUT2D eigenvalue weighted by Crippen LogP contribution is 2.30. The number of methoxy groups -OCH3 is 1. The molecule has 0 aliphatic heterocycles. The van der Waals surface area contributed by atoms with Gasteiger partial charge in [0.05, 0.1) is 11.9 Å². The molecule has 0 heterocycles. The number of hydrogen-bond donors (Lipinski definition) is 1. The number of ether oxygens (including phenoxy) is 1. The van der Waals surface area contributed by atoms with Crippen LogP contribution in [0.5, 0.6) is 5.75 Å². The van der Waals surface area contributed by atoms with Crippen molar-refractivity contribution >= 4 is 33.8 Å². The molecule has 1 N–H and O–H groups in total. The van der Waals surface area contributed by atoms with E-state index in [0.717, 1.165) is 6.08 Å². The molecule has 5 heteroatoms. The van der Waals surface area contributed by atoms with Crippen molar-refractivity contribution in [3.63, 3.8) is 0 Å². The number of benzene rings is 1. The predicted octanol–water partition coefficient (Wildman–Crippen LogP) is 2.82. The Morgan fingerprint density at radius 1 is 1.44 bits per heavy atom. The lowest BCUT2D eigenvalue weighted by Gasteiger charge is -2.11. The summed E-state index contributed by atoms with van der Waals surface area (Å²) < 4.78 is 5.08. The van der Waals surface area contributed by atoms with Gasteiger partial charge in [-0.3, -0.25) is 4.79 Å². The number of carboxylic acids is 1. The van der Waals surface area contributed by atoms with E-state index in [2.05, 4.69) is 15.9 Å². The van der Waals surface area contributed by atoms with Crippen LogP contribution in [-0.4, -0.2) is 24.0 Å². The highest BCUT2D eigenvalue weighted by molar-refractivity contribution is 9.09. The fourth-order valence-electron chi connectivity index (χ4n) is 1.44. The summed E-state index contributed by atoms with van der Waals surface area (Å²) in [5, 5.41) is 8.64. The fraction of sp³-hybridized carbons (Fsp3) is 0.231. The second kappa shape index (κ2) is 6.35. The first-order chi connectivity index (χ1) is 8.45. The van der Waals surface area contributed by atoms with E-state index in [9.17, 15) is 9.59 Å². The molecule has 0 saturated heterocycles. The highest BCUT2D eigenvalue weighted by atomic mass is 79.9. The lowest BCUT2D eigenvalue weighted by Crippen LogP contribution is -2.03. The Labute approximate surface area is 113 Å². The van der Waals surface area contributed by atoms with Gasteiger partial charge in [-0.25, -0.2) is 4.79 Å². The third kappa shape index (κ3) is 3.70. The van der Waals surface area contributed by atoms with E-state index >= 15 is 0 Å². The first kappa shape index (κ1) is 14.4. The maximum absolute atomic E-state index is 11.4. The zero-order valence-electron chi connectivity index (χ0n) is 10.0. The molecule has 1 atom stereocenters. The molecule has 0 amide bonds. The van der Waals surface area contributed by atoms with Gasteiger partial charge in [-0.15, -0.1) is 0 Å². The first-order valence-electron chi connectivity index (χ1n) is 5.19. The molecule has 18 heavy (non-hydrogen) atoms. The van der Waals surface area contributed by atoms with Gasteiger partial charge in [0.2, 0.25) is 0 Å². The number of hydrogen-bond acceptors (Lipinski definition) is 3. The number of carboxylic acid groups (broad SMARTS) is 1. The Morgan fingerprint density at radius 3 is 2.61 bits per heavy atom. The van der Waals surface area contributed by atoms with Crippen molar-refractivity contribution in [2.45, 2.75) is 11.8 Å². The number of carbonyl (C=O) groups is 2. The van der Waals surface area contributed by atoms with Gasteiger partial charge in [-0.2, -0.15) is 0 Å². The van der Waals surface area contributed by atoms with E-state index in [0.29, 0.717) is 16.9 Å². The predicted molar refractivity (Wildman–Crippen MR) is 72.0 cm³/mol. The smallest absolute Gasteiger partial charge is 0.328 e. The van der Waals surface area contributed by atoms with E-state index in [1.54, 1.807) is 18.2 Å². The van der Waals surface area contributed by atoms with E-state index in [1.165, 1.54) is 20.1 Å². The summed E-state index contributed by atoms with van der Waals surface area (Å²) in [6, 6.07) is 5.15. The molecule has 0 aliphatic carbocycles. The molecule has 0 bridgehead atoms. The topological polar surface area (TPSA) is 63.6 Å². The number of rotatable bonds is 5. The fourth-order valence-corrected chi connectivity index (χ4v) is 1.85. The minimum absolute atomic E-state index is 0.0508. The normalized spacial score (nSPS) is 12.4. The minimum Gasteiger partial charge on any atom is -0.497 e. The number of alkyl halides is 1. The summed E-state index contributed by atoms with van der Waals surface area (Å²) in [5.41, 5.74) is 1.34. The van der Waals surface area contributed by atoms with Crippen molar-refractivity contribution in [1.29, 1.82) is 0 Å². The molecular formula is C13H13BrO4. The number of aliphatic carboxylic acids is 1. The SMILES string of the molecule is COc1ccc(C(Br)C(C)=O)c(C=CC(=O)O)c1. The average molecular weight is 313 g/mol. The van der Waals surface area contributed by atoms with Crippen LogP contribution in [0.3, 0.4) is 0 Å². The Morgan fingerprint density at radius 2 is 2.11 bits per heavy atom. The van der Waals surface area contributed by atoms with Gasteiger partial charge in [0.25, 0.3) is 0 Å². The largest absolute Gasteiger partial charge is 0.497 e. The first-order valence-corrected chi connectivity index (χ1v) is 6.10. The van der Waals surface area contributed by atoms with E-state index < -0.39 is 10.8 Å². The molecule has 4 nitrogen and oxygen atoms in total. The van der Waals surface area contributed by atoms with Crippen LogP contribution in [0.2, 0.25) is 0 Å². The third-order valence-electron chi connectivity index (χ3n) is 2.33. The summed E-state index contributed by atoms with van der Waals surface area (Å²) in [4.78, 5) is 21.5. The van der Waals surface area contributed by atoms with Gasteiger partial charge >= 0.3 is 5.97 Å². The molecule has 1 aromatic carbocycles. The van der Waals surface area contributed by atoms with Crippen molar-refractivity contribution < 1.29 is 19.4 Å². The summed E-state index contributed by atoms with van der Waals surface area (Å²) in [6.07, 6.45) is 2.47. The van der Waals surface area contributed by atoms with Crippen molar-refractivity contribution in [2.75, 3.05) is 7.11 Å². The van der Waals surface area contributed by atoms with Gasteiger partial charge in [0, 0.05) is 6.08 Å². The summed E-state index contributed by atoms with van der Waals surface area (Å²) in [7, 11) is 1.52. The second-order valence-electron chi connectivity index (χ2n) is 3.64. The van der Waals surface area contributed by atoms with Crippen molar-refractivity contribution in [2.24, 2.45) is 0 Å². The summed E-state index contributed by atoms with van der Waals surface area (Å²) in [6.45, 7) is 1.47. The molecular weight excluding hydrogens is 300 g/mol. The van der Waals surface area contributed by atoms with Crippen molar-refractivity contribution in [3.8, 4) is 5.75 Å². The Hall–Kier alpha value is -1.62. The monoisotopic (exact) mass is 312 g/mol. The van der Waals surface area contributed by atoms with Gasteiger partial charge in [-0.1, -0.05) is 22.0 Å². The third-order valence-corrected chi connectivity index (χ3v) is 3.47. The number of halogens is 1. The van der Waals surface area contributed by atoms with Gasteiger partial charge < -0.3 is 9.84 Å². The van der Waals surface area contributed by atoms with Crippen LogP contribution in [0.25, 0.3) is 6.08 Å². The molecule has 1 unspecified atom stereocenters. The van der Waals surface area contributed by atoms with Crippen molar-refractivity contribution in [3.05, 3.63) is 35.4 Å². The van der Waals surface area contributed by atoms with Gasteiger partial charge in [-0.05, 0) is 36.3 Å². The number of Topliss-reactive ketones (excluding diaryl/α,β-unsaturated/α-hetero) is 1. The van der Waals surface area contributed by atoms with E-state index in [-0.39, 0.29) is 5.78 Å². The van der Waals surface area contributed by atoms with E-state index in [1.807, 2.05) is 0 Å². The molecule has 0 aromatic heterocycles. The van der Waals surface area contributed by atoms with Crippen LogP contribution in [-0.2, 0) is 9.59 Å². The molecule has 0 saturated carbocycles.